The Kier molecular flexibility index (Phi) is 6.42. The van der Waals surface area contributed by atoms with E-state index in [1.54, 1.807) is 12.1 Å². The summed E-state index contributed by atoms with van der Waals surface area (Å²) in [5, 5.41) is 9.51. The average molecular weight is 268 g/mol. The van der Waals surface area contributed by atoms with Crippen LogP contribution >= 0.6 is 0 Å². The fourth-order valence-corrected chi connectivity index (χ4v) is 2.32. The van der Waals surface area contributed by atoms with Crippen LogP contribution in [-0.4, -0.2) is 35.7 Å². The molecule has 0 amide bonds. The summed E-state index contributed by atoms with van der Waals surface area (Å²) in [6.07, 6.45) is 0.840. The molecule has 0 heterocycles. The quantitative estimate of drug-likeness (QED) is 0.795. The average Bonchev–Trinajstić information content (AvgIpc) is 2.32. The van der Waals surface area contributed by atoms with Gasteiger partial charge in [-0.3, -0.25) is 4.90 Å². The smallest absolute Gasteiger partial charge is 0.127 e. The Balaban J connectivity index is 2.69. The molecule has 0 spiro atoms. The second-order valence-electron chi connectivity index (χ2n) is 5.55. The van der Waals surface area contributed by atoms with Crippen molar-refractivity contribution in [3.8, 4) is 0 Å². The highest BCUT2D eigenvalue weighted by molar-refractivity contribution is 5.17. The molecule has 1 rings (SSSR count). The van der Waals surface area contributed by atoms with Crippen molar-refractivity contribution in [3.05, 3.63) is 35.6 Å². The van der Waals surface area contributed by atoms with Crippen LogP contribution in [-0.2, 0) is 6.54 Å². The standard InChI is InChI=1S/C15H25FN2O/c1-11(2)8-14(17)15(10-19)18(3)9-12-6-4-5-7-13(12)16/h4-7,11,14-15,19H,8-10,17H2,1-3H3. The van der Waals surface area contributed by atoms with Crippen molar-refractivity contribution < 1.29 is 9.50 Å². The lowest BCUT2D eigenvalue weighted by Gasteiger charge is -2.32. The maximum atomic E-state index is 13.6. The molecule has 0 saturated carbocycles. The van der Waals surface area contributed by atoms with E-state index in [9.17, 15) is 9.50 Å². The van der Waals surface area contributed by atoms with Gasteiger partial charge in [0.05, 0.1) is 6.61 Å². The van der Waals surface area contributed by atoms with Crippen LogP contribution in [0.1, 0.15) is 25.8 Å². The van der Waals surface area contributed by atoms with Crippen molar-refractivity contribution in [1.82, 2.24) is 4.90 Å². The van der Waals surface area contributed by atoms with Gasteiger partial charge in [0.1, 0.15) is 5.82 Å². The molecule has 0 aliphatic heterocycles. The second-order valence-corrected chi connectivity index (χ2v) is 5.55. The largest absolute Gasteiger partial charge is 0.395 e. The molecule has 19 heavy (non-hydrogen) atoms. The number of halogens is 1. The number of hydrogen-bond donors (Lipinski definition) is 2. The van der Waals surface area contributed by atoms with Crippen molar-refractivity contribution in [3.63, 3.8) is 0 Å². The molecule has 1 aromatic rings. The van der Waals surface area contributed by atoms with Gasteiger partial charge in [-0.2, -0.15) is 0 Å². The summed E-state index contributed by atoms with van der Waals surface area (Å²) in [7, 11) is 1.87. The molecule has 0 saturated heterocycles. The van der Waals surface area contributed by atoms with E-state index in [1.165, 1.54) is 6.07 Å². The Morgan fingerprint density at radius 3 is 2.47 bits per heavy atom. The fourth-order valence-electron chi connectivity index (χ4n) is 2.32. The number of nitrogens with two attached hydrogens (primary N) is 1. The molecule has 0 aliphatic rings. The number of rotatable bonds is 7. The molecule has 0 aliphatic carbocycles. The summed E-state index contributed by atoms with van der Waals surface area (Å²) in [5.41, 5.74) is 6.75. The number of benzene rings is 1. The van der Waals surface area contributed by atoms with Gasteiger partial charge in [-0.1, -0.05) is 32.0 Å². The SMILES string of the molecule is CC(C)CC(N)C(CO)N(C)Cc1ccccc1F. The molecule has 3 nitrogen and oxygen atoms in total. The Morgan fingerprint density at radius 1 is 1.32 bits per heavy atom. The van der Waals surface area contributed by atoms with E-state index in [-0.39, 0.29) is 24.5 Å². The van der Waals surface area contributed by atoms with E-state index in [1.807, 2.05) is 18.0 Å². The minimum atomic E-state index is -0.219. The number of nitrogens with zero attached hydrogens (tertiary/aromatic N) is 1. The molecular formula is C15H25FN2O. The van der Waals surface area contributed by atoms with Gasteiger partial charge < -0.3 is 10.8 Å². The Hall–Kier alpha value is -0.970. The first-order valence-electron chi connectivity index (χ1n) is 6.75. The van der Waals surface area contributed by atoms with E-state index in [0.29, 0.717) is 18.0 Å². The lowest BCUT2D eigenvalue weighted by Crippen LogP contribution is -2.48. The zero-order valence-corrected chi connectivity index (χ0v) is 12.0. The van der Waals surface area contributed by atoms with E-state index in [4.69, 9.17) is 5.73 Å². The first kappa shape index (κ1) is 16.1. The van der Waals surface area contributed by atoms with Gasteiger partial charge in [-0.05, 0) is 25.5 Å². The van der Waals surface area contributed by atoms with Crippen LogP contribution in [0.25, 0.3) is 0 Å². The minimum Gasteiger partial charge on any atom is -0.395 e. The molecule has 0 bridgehead atoms. The second kappa shape index (κ2) is 7.58. The maximum absolute atomic E-state index is 13.6. The number of aliphatic hydroxyl groups excluding tert-OH is 1. The zero-order chi connectivity index (χ0) is 14.4. The first-order valence-corrected chi connectivity index (χ1v) is 6.75. The van der Waals surface area contributed by atoms with Crippen LogP contribution in [0.4, 0.5) is 4.39 Å². The van der Waals surface area contributed by atoms with Crippen LogP contribution < -0.4 is 5.73 Å². The summed E-state index contributed by atoms with van der Waals surface area (Å²) in [5.74, 6) is 0.259. The molecule has 0 fully saturated rings. The normalized spacial score (nSPS) is 14.9. The van der Waals surface area contributed by atoms with Gasteiger partial charge >= 0.3 is 0 Å². The molecule has 1 aromatic carbocycles. The predicted molar refractivity (Wildman–Crippen MR) is 76.2 cm³/mol. The van der Waals surface area contributed by atoms with Crippen molar-refractivity contribution in [2.75, 3.05) is 13.7 Å². The lowest BCUT2D eigenvalue weighted by atomic mass is 9.97. The van der Waals surface area contributed by atoms with Crippen LogP contribution in [0.5, 0.6) is 0 Å². The van der Waals surface area contributed by atoms with Crippen molar-refractivity contribution >= 4 is 0 Å². The van der Waals surface area contributed by atoms with Crippen molar-refractivity contribution in [2.24, 2.45) is 11.7 Å². The van der Waals surface area contributed by atoms with Crippen molar-refractivity contribution in [2.45, 2.75) is 38.9 Å². The molecule has 2 atom stereocenters. The third kappa shape index (κ3) is 4.90. The van der Waals surface area contributed by atoms with Crippen molar-refractivity contribution in [1.29, 1.82) is 0 Å². The molecule has 4 heteroatoms. The Labute approximate surface area is 115 Å². The molecule has 3 N–H and O–H groups in total. The lowest BCUT2D eigenvalue weighted by molar-refractivity contribution is 0.114. The van der Waals surface area contributed by atoms with Crippen LogP contribution in [0.2, 0.25) is 0 Å². The third-order valence-corrected chi connectivity index (χ3v) is 3.37. The van der Waals surface area contributed by atoms with Gasteiger partial charge in [-0.25, -0.2) is 4.39 Å². The number of hydrogen-bond acceptors (Lipinski definition) is 3. The molecule has 2 unspecified atom stereocenters. The topological polar surface area (TPSA) is 49.5 Å². The van der Waals surface area contributed by atoms with Gasteiger partial charge in [0.15, 0.2) is 0 Å². The van der Waals surface area contributed by atoms with Crippen LogP contribution in [0, 0.1) is 11.7 Å². The highest BCUT2D eigenvalue weighted by Crippen LogP contribution is 2.15. The fraction of sp³-hybridized carbons (Fsp3) is 0.600. The van der Waals surface area contributed by atoms with E-state index in [0.717, 1.165) is 6.42 Å². The summed E-state index contributed by atoms with van der Waals surface area (Å²) in [4.78, 5) is 1.92. The Morgan fingerprint density at radius 2 is 1.95 bits per heavy atom. The van der Waals surface area contributed by atoms with Gasteiger partial charge in [-0.15, -0.1) is 0 Å². The molecule has 108 valence electrons. The first-order chi connectivity index (χ1) is 8.95. The zero-order valence-electron chi connectivity index (χ0n) is 12.0. The summed E-state index contributed by atoms with van der Waals surface area (Å²) < 4.78 is 13.6. The molecule has 0 aromatic heterocycles. The molecular weight excluding hydrogens is 243 g/mol. The predicted octanol–water partition coefficient (Wildman–Crippen LogP) is 1.99. The number of aliphatic hydroxyl groups is 1. The summed E-state index contributed by atoms with van der Waals surface area (Å²) in [6.45, 7) is 4.64. The van der Waals surface area contributed by atoms with Crippen LogP contribution in [0.15, 0.2) is 24.3 Å². The van der Waals surface area contributed by atoms with E-state index < -0.39 is 0 Å². The number of likely N-dealkylation sites (N-methyl/N-ethyl adjacent to an activating group) is 1. The highest BCUT2D eigenvalue weighted by atomic mass is 19.1. The summed E-state index contributed by atoms with van der Waals surface area (Å²) in [6, 6.07) is 6.43. The monoisotopic (exact) mass is 268 g/mol. The summed E-state index contributed by atoms with van der Waals surface area (Å²) >= 11 is 0. The van der Waals surface area contributed by atoms with E-state index in [2.05, 4.69) is 13.8 Å². The van der Waals surface area contributed by atoms with Gasteiger partial charge in [0.25, 0.3) is 0 Å². The Bertz CT molecular complexity index is 384. The van der Waals surface area contributed by atoms with Crippen LogP contribution in [0.3, 0.4) is 0 Å². The minimum absolute atomic E-state index is 0.0150. The van der Waals surface area contributed by atoms with Gasteiger partial charge in [0, 0.05) is 24.2 Å². The highest BCUT2D eigenvalue weighted by Gasteiger charge is 2.23. The molecule has 0 radical (unpaired) electrons. The maximum Gasteiger partial charge on any atom is 0.127 e. The van der Waals surface area contributed by atoms with Gasteiger partial charge in [0.2, 0.25) is 0 Å². The third-order valence-electron chi connectivity index (χ3n) is 3.37. The van der Waals surface area contributed by atoms with E-state index >= 15 is 0 Å².